The fraction of sp³-hybridized carbons (Fsp3) is 0.467. The van der Waals surface area contributed by atoms with E-state index in [-0.39, 0.29) is 12.1 Å². The van der Waals surface area contributed by atoms with Gasteiger partial charge in [0.25, 0.3) is 0 Å². The third-order valence-corrected chi connectivity index (χ3v) is 3.58. The quantitative estimate of drug-likeness (QED) is 0.861. The van der Waals surface area contributed by atoms with E-state index in [0.717, 1.165) is 34.4 Å². The van der Waals surface area contributed by atoms with Gasteiger partial charge >= 0.3 is 0 Å². The van der Waals surface area contributed by atoms with E-state index < -0.39 is 0 Å². The highest BCUT2D eigenvalue weighted by atomic mass is 79.9. The zero-order chi connectivity index (χ0) is 13.8. The summed E-state index contributed by atoms with van der Waals surface area (Å²) < 4.78 is 12.4. The number of nitrogens with one attached hydrogen (secondary N) is 1. The second-order valence-electron chi connectivity index (χ2n) is 4.73. The van der Waals surface area contributed by atoms with Crippen molar-refractivity contribution in [1.29, 1.82) is 0 Å². The molecule has 2 atom stereocenters. The van der Waals surface area contributed by atoms with Crippen molar-refractivity contribution in [3.63, 3.8) is 0 Å². The second-order valence-corrected chi connectivity index (χ2v) is 5.64. The molecule has 1 aromatic carbocycles. The van der Waals surface area contributed by atoms with Crippen LogP contribution >= 0.6 is 15.9 Å². The van der Waals surface area contributed by atoms with Gasteiger partial charge in [0.2, 0.25) is 0 Å². The highest BCUT2D eigenvalue weighted by molar-refractivity contribution is 9.10. The number of hydrogen-bond donors (Lipinski definition) is 1. The van der Waals surface area contributed by atoms with Gasteiger partial charge in [0.05, 0.1) is 12.1 Å². The Morgan fingerprint density at radius 3 is 2.84 bits per heavy atom. The first-order valence-corrected chi connectivity index (χ1v) is 7.43. The Balaban J connectivity index is 2.02. The molecule has 1 aromatic heterocycles. The molecule has 104 valence electrons. The fourth-order valence-electron chi connectivity index (χ4n) is 2.03. The Hall–Kier alpha value is -0.840. The van der Waals surface area contributed by atoms with Crippen LogP contribution in [0.1, 0.15) is 32.6 Å². The van der Waals surface area contributed by atoms with Crippen LogP contribution < -0.4 is 5.32 Å². The van der Waals surface area contributed by atoms with Gasteiger partial charge < -0.3 is 14.5 Å². The summed E-state index contributed by atoms with van der Waals surface area (Å²) in [5, 5.41) is 4.55. The van der Waals surface area contributed by atoms with Crippen LogP contribution in [0.4, 0.5) is 0 Å². The zero-order valence-electron chi connectivity index (χ0n) is 11.6. The van der Waals surface area contributed by atoms with E-state index in [4.69, 9.17) is 9.15 Å². The molecule has 0 aliphatic carbocycles. The van der Waals surface area contributed by atoms with E-state index in [0.29, 0.717) is 0 Å². The van der Waals surface area contributed by atoms with Crippen molar-refractivity contribution in [2.75, 3.05) is 13.2 Å². The summed E-state index contributed by atoms with van der Waals surface area (Å²) >= 11 is 3.47. The molecule has 0 saturated carbocycles. The van der Waals surface area contributed by atoms with Gasteiger partial charge in [0.1, 0.15) is 11.3 Å². The van der Waals surface area contributed by atoms with Crippen molar-refractivity contribution >= 4 is 26.9 Å². The van der Waals surface area contributed by atoms with E-state index in [2.05, 4.69) is 47.2 Å². The second kappa shape index (κ2) is 6.55. The molecular formula is C15H20BrNO2. The Labute approximate surface area is 122 Å². The van der Waals surface area contributed by atoms with Gasteiger partial charge in [-0.2, -0.15) is 0 Å². The Morgan fingerprint density at radius 1 is 1.32 bits per heavy atom. The molecule has 1 N–H and O–H groups in total. The van der Waals surface area contributed by atoms with Crippen LogP contribution in [0.15, 0.2) is 33.2 Å². The molecule has 0 bridgehead atoms. The lowest BCUT2D eigenvalue weighted by molar-refractivity contribution is 0.0738. The summed E-state index contributed by atoms with van der Waals surface area (Å²) in [4.78, 5) is 0. The zero-order valence-corrected chi connectivity index (χ0v) is 13.2. The summed E-state index contributed by atoms with van der Waals surface area (Å²) in [7, 11) is 0. The van der Waals surface area contributed by atoms with Crippen molar-refractivity contribution in [2.24, 2.45) is 0 Å². The van der Waals surface area contributed by atoms with E-state index in [1.165, 1.54) is 0 Å². The Kier molecular flexibility index (Phi) is 5.02. The van der Waals surface area contributed by atoms with Gasteiger partial charge in [-0.15, -0.1) is 0 Å². The third kappa shape index (κ3) is 3.81. The predicted molar refractivity (Wildman–Crippen MR) is 81.4 cm³/mol. The monoisotopic (exact) mass is 325 g/mol. The number of fused-ring (bicyclic) bond motifs is 1. The van der Waals surface area contributed by atoms with Crippen molar-refractivity contribution < 1.29 is 9.15 Å². The lowest BCUT2D eigenvalue weighted by Crippen LogP contribution is -2.28. The van der Waals surface area contributed by atoms with Crippen LogP contribution in [0.3, 0.4) is 0 Å². The first-order chi connectivity index (χ1) is 9.10. The first kappa shape index (κ1) is 14.6. The lowest BCUT2D eigenvalue weighted by atomic mass is 10.2. The average Bonchev–Trinajstić information content (AvgIpc) is 2.79. The largest absolute Gasteiger partial charge is 0.459 e. The Bertz CT molecular complexity index is 538. The number of halogens is 1. The minimum absolute atomic E-state index is 0.175. The van der Waals surface area contributed by atoms with Crippen molar-refractivity contribution in [2.45, 2.75) is 32.9 Å². The van der Waals surface area contributed by atoms with Crippen LogP contribution in [0, 0.1) is 0 Å². The maximum atomic E-state index is 5.85. The molecule has 0 saturated heterocycles. The van der Waals surface area contributed by atoms with Gasteiger partial charge in [0, 0.05) is 23.0 Å². The number of benzene rings is 1. The van der Waals surface area contributed by atoms with Crippen LogP contribution in [0.5, 0.6) is 0 Å². The maximum Gasteiger partial charge on any atom is 0.134 e. The van der Waals surface area contributed by atoms with Gasteiger partial charge in [-0.05, 0) is 45.0 Å². The SMILES string of the molecule is CCOC(C)CNC(C)c1cc2cc(Br)ccc2o1. The van der Waals surface area contributed by atoms with Crippen molar-refractivity contribution in [3.05, 3.63) is 34.5 Å². The van der Waals surface area contributed by atoms with Gasteiger partial charge in [-0.1, -0.05) is 15.9 Å². The van der Waals surface area contributed by atoms with Gasteiger partial charge in [0.15, 0.2) is 0 Å². The molecule has 1 heterocycles. The Morgan fingerprint density at radius 2 is 2.11 bits per heavy atom. The molecule has 19 heavy (non-hydrogen) atoms. The minimum Gasteiger partial charge on any atom is -0.459 e. The predicted octanol–water partition coefficient (Wildman–Crippen LogP) is 4.27. The van der Waals surface area contributed by atoms with E-state index in [1.807, 2.05) is 19.1 Å². The average molecular weight is 326 g/mol. The van der Waals surface area contributed by atoms with Crippen LogP contribution in [-0.2, 0) is 4.74 Å². The summed E-state index contributed by atoms with van der Waals surface area (Å²) in [6, 6.07) is 8.30. The smallest absolute Gasteiger partial charge is 0.134 e. The summed E-state index contributed by atoms with van der Waals surface area (Å²) in [6.45, 7) is 7.74. The maximum absolute atomic E-state index is 5.85. The fourth-order valence-corrected chi connectivity index (χ4v) is 2.41. The van der Waals surface area contributed by atoms with E-state index >= 15 is 0 Å². The molecule has 0 radical (unpaired) electrons. The molecule has 2 aromatic rings. The number of hydrogen-bond acceptors (Lipinski definition) is 3. The van der Waals surface area contributed by atoms with Crippen LogP contribution in [-0.4, -0.2) is 19.3 Å². The molecule has 0 fully saturated rings. The van der Waals surface area contributed by atoms with Gasteiger partial charge in [-0.3, -0.25) is 0 Å². The normalized spacial score (nSPS) is 14.7. The summed E-state index contributed by atoms with van der Waals surface area (Å²) in [5.41, 5.74) is 0.921. The molecule has 0 aliphatic rings. The van der Waals surface area contributed by atoms with E-state index in [9.17, 15) is 0 Å². The molecule has 0 spiro atoms. The molecule has 4 heteroatoms. The number of furan rings is 1. The van der Waals surface area contributed by atoms with Gasteiger partial charge in [-0.25, -0.2) is 0 Å². The summed E-state index contributed by atoms with van der Waals surface area (Å²) in [5.74, 6) is 0.955. The van der Waals surface area contributed by atoms with Crippen LogP contribution in [0.2, 0.25) is 0 Å². The lowest BCUT2D eigenvalue weighted by Gasteiger charge is -2.16. The third-order valence-electron chi connectivity index (χ3n) is 3.09. The number of ether oxygens (including phenoxy) is 1. The summed E-state index contributed by atoms with van der Waals surface area (Å²) in [6.07, 6.45) is 0.214. The van der Waals surface area contributed by atoms with Crippen molar-refractivity contribution in [1.82, 2.24) is 5.32 Å². The highest BCUT2D eigenvalue weighted by Gasteiger charge is 2.12. The molecule has 2 rings (SSSR count). The van der Waals surface area contributed by atoms with E-state index in [1.54, 1.807) is 0 Å². The molecule has 0 amide bonds. The molecule has 0 aliphatic heterocycles. The minimum atomic E-state index is 0.175. The molecular weight excluding hydrogens is 306 g/mol. The first-order valence-electron chi connectivity index (χ1n) is 6.64. The van der Waals surface area contributed by atoms with Crippen LogP contribution in [0.25, 0.3) is 11.0 Å². The highest BCUT2D eigenvalue weighted by Crippen LogP contribution is 2.26. The molecule has 3 nitrogen and oxygen atoms in total. The number of rotatable bonds is 6. The topological polar surface area (TPSA) is 34.4 Å². The molecule has 2 unspecified atom stereocenters. The standard InChI is InChI=1S/C15H20BrNO2/c1-4-18-10(2)9-17-11(3)15-8-12-7-13(16)5-6-14(12)19-15/h5-8,10-11,17H,4,9H2,1-3H3. The van der Waals surface area contributed by atoms with Crippen molar-refractivity contribution in [3.8, 4) is 0 Å².